The zero-order chi connectivity index (χ0) is 10.7. The second-order valence-electron chi connectivity index (χ2n) is 4.23. The van der Waals surface area contributed by atoms with Crippen molar-refractivity contribution in [2.24, 2.45) is 0 Å². The van der Waals surface area contributed by atoms with Crippen molar-refractivity contribution in [1.29, 1.82) is 0 Å². The Kier molecular flexibility index (Phi) is 3.27. The third-order valence-electron chi connectivity index (χ3n) is 3.27. The van der Waals surface area contributed by atoms with Crippen LogP contribution in [-0.2, 0) is 0 Å². The lowest BCUT2D eigenvalue weighted by Gasteiger charge is -2.33. The average Bonchev–Trinajstić information content (AvgIpc) is 2.30. The molecule has 1 heterocycles. The standard InChI is InChI=1S/C13H19NO/c1-14-10-6-5-8-12(14)11-7-3-4-9-13(11)15-2/h3-4,7,9,12H,5-6,8,10H2,1-2H3/t12-/m0/s1. The first-order chi connectivity index (χ1) is 7.33. The number of likely N-dealkylation sites (tertiary alicyclic amines) is 1. The molecule has 0 spiro atoms. The van der Waals surface area contributed by atoms with Crippen LogP contribution in [0.15, 0.2) is 24.3 Å². The Morgan fingerprint density at radius 1 is 1.27 bits per heavy atom. The summed E-state index contributed by atoms with van der Waals surface area (Å²) in [5, 5.41) is 0. The summed E-state index contributed by atoms with van der Waals surface area (Å²) in [5.74, 6) is 1.02. The van der Waals surface area contributed by atoms with Crippen LogP contribution in [0.4, 0.5) is 0 Å². The van der Waals surface area contributed by atoms with Gasteiger partial charge in [0, 0.05) is 11.6 Å². The molecule has 1 saturated heterocycles. The maximum atomic E-state index is 5.42. The molecule has 2 rings (SSSR count). The van der Waals surface area contributed by atoms with Gasteiger partial charge < -0.3 is 4.74 Å². The Labute approximate surface area is 91.9 Å². The SMILES string of the molecule is COc1ccccc1[C@@H]1CCCCN1C. The fourth-order valence-electron chi connectivity index (χ4n) is 2.41. The number of hydrogen-bond donors (Lipinski definition) is 0. The Morgan fingerprint density at radius 3 is 2.80 bits per heavy atom. The summed E-state index contributed by atoms with van der Waals surface area (Å²) in [5.41, 5.74) is 1.34. The van der Waals surface area contributed by atoms with E-state index in [1.165, 1.54) is 31.4 Å². The molecule has 2 nitrogen and oxygen atoms in total. The van der Waals surface area contributed by atoms with E-state index >= 15 is 0 Å². The van der Waals surface area contributed by atoms with E-state index in [1.54, 1.807) is 7.11 Å². The molecular weight excluding hydrogens is 186 g/mol. The van der Waals surface area contributed by atoms with Crippen LogP contribution in [0.1, 0.15) is 30.9 Å². The number of rotatable bonds is 2. The molecule has 0 unspecified atom stereocenters. The molecule has 1 aliphatic heterocycles. The lowest BCUT2D eigenvalue weighted by Crippen LogP contribution is -2.29. The molecule has 1 atom stereocenters. The highest BCUT2D eigenvalue weighted by Crippen LogP contribution is 2.34. The van der Waals surface area contributed by atoms with Crippen LogP contribution in [0.2, 0.25) is 0 Å². The van der Waals surface area contributed by atoms with Gasteiger partial charge in [-0.25, -0.2) is 0 Å². The number of para-hydroxylation sites is 1. The Balaban J connectivity index is 2.26. The normalized spacial score (nSPS) is 22.7. The van der Waals surface area contributed by atoms with Gasteiger partial charge in [-0.2, -0.15) is 0 Å². The highest BCUT2D eigenvalue weighted by atomic mass is 16.5. The molecule has 1 aliphatic rings. The quantitative estimate of drug-likeness (QED) is 0.736. The monoisotopic (exact) mass is 205 g/mol. The van der Waals surface area contributed by atoms with Crippen molar-refractivity contribution in [3.05, 3.63) is 29.8 Å². The smallest absolute Gasteiger partial charge is 0.123 e. The molecule has 0 amide bonds. The van der Waals surface area contributed by atoms with E-state index in [0.29, 0.717) is 6.04 Å². The fraction of sp³-hybridized carbons (Fsp3) is 0.538. The molecule has 0 saturated carbocycles. The minimum Gasteiger partial charge on any atom is -0.496 e. The predicted molar refractivity (Wildman–Crippen MR) is 62.2 cm³/mol. The van der Waals surface area contributed by atoms with Crippen LogP contribution in [-0.4, -0.2) is 25.6 Å². The summed E-state index contributed by atoms with van der Waals surface area (Å²) >= 11 is 0. The first kappa shape index (κ1) is 10.5. The maximum absolute atomic E-state index is 5.42. The number of ether oxygens (including phenoxy) is 1. The van der Waals surface area contributed by atoms with Crippen LogP contribution in [0.3, 0.4) is 0 Å². The van der Waals surface area contributed by atoms with Gasteiger partial charge in [-0.1, -0.05) is 24.6 Å². The topological polar surface area (TPSA) is 12.5 Å². The largest absolute Gasteiger partial charge is 0.496 e. The first-order valence-electron chi connectivity index (χ1n) is 5.66. The van der Waals surface area contributed by atoms with Gasteiger partial charge in [-0.15, -0.1) is 0 Å². The number of benzene rings is 1. The van der Waals surface area contributed by atoms with Crippen LogP contribution < -0.4 is 4.74 Å². The molecule has 15 heavy (non-hydrogen) atoms. The lowest BCUT2D eigenvalue weighted by atomic mass is 9.95. The van der Waals surface area contributed by atoms with E-state index in [4.69, 9.17) is 4.74 Å². The zero-order valence-electron chi connectivity index (χ0n) is 9.57. The summed E-state index contributed by atoms with van der Waals surface area (Å²) in [7, 11) is 3.96. The van der Waals surface area contributed by atoms with Gasteiger partial charge >= 0.3 is 0 Å². The second kappa shape index (κ2) is 4.67. The van der Waals surface area contributed by atoms with Crippen LogP contribution in [0, 0.1) is 0 Å². The summed E-state index contributed by atoms with van der Waals surface area (Å²) in [6.45, 7) is 1.20. The van der Waals surface area contributed by atoms with Crippen LogP contribution in [0.25, 0.3) is 0 Å². The average molecular weight is 205 g/mol. The van der Waals surface area contributed by atoms with E-state index < -0.39 is 0 Å². The molecule has 1 aromatic carbocycles. The highest BCUT2D eigenvalue weighted by Gasteiger charge is 2.22. The Morgan fingerprint density at radius 2 is 2.07 bits per heavy atom. The van der Waals surface area contributed by atoms with E-state index in [9.17, 15) is 0 Å². The lowest BCUT2D eigenvalue weighted by molar-refractivity contribution is 0.183. The van der Waals surface area contributed by atoms with Crippen molar-refractivity contribution in [3.63, 3.8) is 0 Å². The fourth-order valence-corrected chi connectivity index (χ4v) is 2.41. The number of methoxy groups -OCH3 is 1. The minimum atomic E-state index is 0.537. The molecule has 0 aromatic heterocycles. The maximum Gasteiger partial charge on any atom is 0.123 e. The molecule has 1 fully saturated rings. The molecule has 1 aromatic rings. The van der Waals surface area contributed by atoms with E-state index in [2.05, 4.69) is 30.1 Å². The van der Waals surface area contributed by atoms with Crippen molar-refractivity contribution >= 4 is 0 Å². The van der Waals surface area contributed by atoms with Gasteiger partial charge in [-0.05, 0) is 32.5 Å². The minimum absolute atomic E-state index is 0.537. The summed E-state index contributed by atoms with van der Waals surface area (Å²) in [4.78, 5) is 2.43. The van der Waals surface area contributed by atoms with Crippen LogP contribution in [0.5, 0.6) is 5.75 Å². The van der Waals surface area contributed by atoms with Crippen molar-refractivity contribution in [2.45, 2.75) is 25.3 Å². The van der Waals surface area contributed by atoms with Crippen molar-refractivity contribution in [3.8, 4) is 5.75 Å². The number of nitrogens with zero attached hydrogens (tertiary/aromatic N) is 1. The summed E-state index contributed by atoms with van der Waals surface area (Å²) < 4.78 is 5.42. The van der Waals surface area contributed by atoms with Gasteiger partial charge in [0.25, 0.3) is 0 Å². The van der Waals surface area contributed by atoms with Crippen LogP contribution >= 0.6 is 0 Å². The second-order valence-corrected chi connectivity index (χ2v) is 4.23. The van der Waals surface area contributed by atoms with Gasteiger partial charge in [0.2, 0.25) is 0 Å². The molecule has 0 bridgehead atoms. The van der Waals surface area contributed by atoms with Gasteiger partial charge in [0.05, 0.1) is 7.11 Å². The Bertz CT molecular complexity index is 324. The molecule has 0 radical (unpaired) electrons. The molecule has 2 heteroatoms. The third-order valence-corrected chi connectivity index (χ3v) is 3.27. The van der Waals surface area contributed by atoms with Gasteiger partial charge in [0.1, 0.15) is 5.75 Å². The van der Waals surface area contributed by atoms with E-state index in [-0.39, 0.29) is 0 Å². The number of piperidine rings is 1. The van der Waals surface area contributed by atoms with Crippen molar-refractivity contribution < 1.29 is 4.74 Å². The molecule has 82 valence electrons. The summed E-state index contributed by atoms with van der Waals surface area (Å²) in [6.07, 6.45) is 3.89. The number of hydrogen-bond acceptors (Lipinski definition) is 2. The highest BCUT2D eigenvalue weighted by molar-refractivity contribution is 5.36. The van der Waals surface area contributed by atoms with Crippen molar-refractivity contribution in [1.82, 2.24) is 4.90 Å². The third kappa shape index (κ3) is 2.15. The molecule has 0 N–H and O–H groups in total. The zero-order valence-corrected chi connectivity index (χ0v) is 9.57. The Hall–Kier alpha value is -1.02. The van der Waals surface area contributed by atoms with E-state index in [0.717, 1.165) is 5.75 Å². The van der Waals surface area contributed by atoms with E-state index in [1.807, 2.05) is 6.07 Å². The summed E-state index contributed by atoms with van der Waals surface area (Å²) in [6, 6.07) is 8.91. The first-order valence-corrected chi connectivity index (χ1v) is 5.66. The van der Waals surface area contributed by atoms with Crippen molar-refractivity contribution in [2.75, 3.05) is 20.7 Å². The molecular formula is C13H19NO. The molecule has 0 aliphatic carbocycles. The predicted octanol–water partition coefficient (Wildman–Crippen LogP) is 2.85. The van der Waals surface area contributed by atoms with Gasteiger partial charge in [-0.3, -0.25) is 4.90 Å². The van der Waals surface area contributed by atoms with Gasteiger partial charge in [0.15, 0.2) is 0 Å².